The van der Waals surface area contributed by atoms with Crippen molar-refractivity contribution in [2.24, 2.45) is 7.05 Å². The van der Waals surface area contributed by atoms with E-state index in [1.165, 1.54) is 0 Å². The van der Waals surface area contributed by atoms with Crippen LogP contribution in [0.2, 0.25) is 0 Å². The minimum Gasteiger partial charge on any atom is -0.386 e. The fourth-order valence-corrected chi connectivity index (χ4v) is 2.44. The Morgan fingerprint density at radius 3 is 2.72 bits per heavy atom. The van der Waals surface area contributed by atoms with E-state index in [2.05, 4.69) is 5.10 Å². The number of likely N-dealkylation sites (tertiary alicyclic amines) is 1. The van der Waals surface area contributed by atoms with Crippen molar-refractivity contribution < 1.29 is 9.90 Å². The Hall–Kier alpha value is -1.88. The minimum atomic E-state index is -0.750. The van der Waals surface area contributed by atoms with Crippen molar-refractivity contribution in [2.75, 3.05) is 13.1 Å². The van der Waals surface area contributed by atoms with Gasteiger partial charge in [-0.3, -0.25) is 9.48 Å². The van der Waals surface area contributed by atoms with Crippen molar-refractivity contribution in [3.05, 3.63) is 30.0 Å². The molecular weight excluding hydrogens is 230 g/mol. The van der Waals surface area contributed by atoms with Gasteiger partial charge in [-0.25, -0.2) is 0 Å². The number of aryl methyl sites for hydroxylation is 1. The second kappa shape index (κ2) is 3.55. The second-order valence-corrected chi connectivity index (χ2v) is 5.15. The average Bonchev–Trinajstić information content (AvgIpc) is 2.64. The molecule has 1 fully saturated rings. The molecule has 2 heterocycles. The first-order valence-corrected chi connectivity index (χ1v) is 5.91. The van der Waals surface area contributed by atoms with Gasteiger partial charge in [-0.15, -0.1) is 0 Å². The largest absolute Gasteiger partial charge is 0.386 e. The van der Waals surface area contributed by atoms with E-state index in [1.54, 1.807) is 16.5 Å². The SMILES string of the molecule is Cn1nc(C(=O)N2CC(C)(O)C2)c2ccccc21. The Labute approximate surface area is 105 Å². The van der Waals surface area contributed by atoms with E-state index in [0.717, 1.165) is 10.9 Å². The van der Waals surface area contributed by atoms with Crippen molar-refractivity contribution in [3.8, 4) is 0 Å². The molecule has 0 bridgehead atoms. The van der Waals surface area contributed by atoms with E-state index >= 15 is 0 Å². The molecule has 2 aromatic rings. The van der Waals surface area contributed by atoms with Crippen molar-refractivity contribution >= 4 is 16.8 Å². The van der Waals surface area contributed by atoms with Crippen molar-refractivity contribution in [1.29, 1.82) is 0 Å². The van der Waals surface area contributed by atoms with Gasteiger partial charge >= 0.3 is 0 Å². The van der Waals surface area contributed by atoms with Gasteiger partial charge in [-0.2, -0.15) is 5.10 Å². The summed E-state index contributed by atoms with van der Waals surface area (Å²) in [7, 11) is 1.82. The third-order valence-electron chi connectivity index (χ3n) is 3.31. The number of amides is 1. The van der Waals surface area contributed by atoms with Crippen LogP contribution in [-0.2, 0) is 7.05 Å². The smallest absolute Gasteiger partial charge is 0.275 e. The summed E-state index contributed by atoms with van der Waals surface area (Å²) in [6.07, 6.45) is 0. The highest BCUT2D eigenvalue weighted by atomic mass is 16.3. The lowest BCUT2D eigenvalue weighted by Crippen LogP contribution is -2.61. The normalized spacial score (nSPS) is 17.8. The van der Waals surface area contributed by atoms with E-state index in [4.69, 9.17) is 0 Å². The summed E-state index contributed by atoms with van der Waals surface area (Å²) in [5, 5.41) is 14.8. The number of carbonyl (C=O) groups excluding carboxylic acids is 1. The summed E-state index contributed by atoms with van der Waals surface area (Å²) >= 11 is 0. The summed E-state index contributed by atoms with van der Waals surface area (Å²) in [4.78, 5) is 13.9. The van der Waals surface area contributed by atoms with E-state index in [1.807, 2.05) is 31.3 Å². The topological polar surface area (TPSA) is 58.4 Å². The lowest BCUT2D eigenvalue weighted by Gasteiger charge is -2.43. The number of benzene rings is 1. The molecule has 1 aliphatic heterocycles. The number of hydrogen-bond acceptors (Lipinski definition) is 3. The zero-order valence-electron chi connectivity index (χ0n) is 10.4. The zero-order valence-corrected chi connectivity index (χ0v) is 10.4. The molecule has 1 aliphatic rings. The quantitative estimate of drug-likeness (QED) is 0.807. The number of β-amino-alcohol motifs (C(OH)–C–C–N with tert-alkyl or cyclic N) is 1. The Balaban J connectivity index is 1.98. The molecule has 0 aliphatic carbocycles. The van der Waals surface area contributed by atoms with Crippen LogP contribution in [0.4, 0.5) is 0 Å². The highest BCUT2D eigenvalue weighted by Gasteiger charge is 2.40. The molecule has 5 nitrogen and oxygen atoms in total. The fourth-order valence-electron chi connectivity index (χ4n) is 2.44. The van der Waals surface area contributed by atoms with Gasteiger partial charge in [0.05, 0.1) is 24.2 Å². The Kier molecular flexibility index (Phi) is 2.22. The van der Waals surface area contributed by atoms with E-state index in [9.17, 15) is 9.90 Å². The fraction of sp³-hybridized carbons (Fsp3) is 0.385. The standard InChI is InChI=1S/C13H15N3O2/c1-13(18)7-16(8-13)12(17)11-9-5-3-4-6-10(9)15(2)14-11/h3-6,18H,7-8H2,1-2H3. The number of para-hydroxylation sites is 1. The van der Waals surface area contributed by atoms with Crippen LogP contribution in [0.15, 0.2) is 24.3 Å². The molecule has 0 atom stereocenters. The van der Waals surface area contributed by atoms with Crippen LogP contribution in [0.3, 0.4) is 0 Å². The van der Waals surface area contributed by atoms with Gasteiger partial charge in [-0.1, -0.05) is 18.2 Å². The van der Waals surface area contributed by atoms with Gasteiger partial charge in [0.15, 0.2) is 5.69 Å². The summed E-state index contributed by atoms with van der Waals surface area (Å²) in [5.74, 6) is -0.113. The molecule has 1 amide bonds. The van der Waals surface area contributed by atoms with Gasteiger partial charge in [0.2, 0.25) is 0 Å². The van der Waals surface area contributed by atoms with Gasteiger partial charge in [-0.05, 0) is 13.0 Å². The lowest BCUT2D eigenvalue weighted by molar-refractivity contribution is -0.0670. The number of hydrogen-bond donors (Lipinski definition) is 1. The van der Waals surface area contributed by atoms with Crippen LogP contribution < -0.4 is 0 Å². The molecule has 0 unspecified atom stereocenters. The first-order valence-electron chi connectivity index (χ1n) is 5.91. The van der Waals surface area contributed by atoms with Crippen LogP contribution in [0.25, 0.3) is 10.9 Å². The molecular formula is C13H15N3O2. The predicted octanol–water partition coefficient (Wildman–Crippen LogP) is 0.780. The molecule has 3 rings (SSSR count). The number of nitrogens with zero attached hydrogens (tertiary/aromatic N) is 3. The number of rotatable bonds is 1. The maximum Gasteiger partial charge on any atom is 0.275 e. The Morgan fingerprint density at radius 1 is 1.39 bits per heavy atom. The van der Waals surface area contributed by atoms with Crippen LogP contribution in [0.5, 0.6) is 0 Å². The molecule has 94 valence electrons. The van der Waals surface area contributed by atoms with E-state index < -0.39 is 5.60 Å². The van der Waals surface area contributed by atoms with Crippen molar-refractivity contribution in [2.45, 2.75) is 12.5 Å². The van der Waals surface area contributed by atoms with E-state index in [0.29, 0.717) is 18.8 Å². The molecule has 1 saturated heterocycles. The monoisotopic (exact) mass is 245 g/mol. The average molecular weight is 245 g/mol. The van der Waals surface area contributed by atoms with E-state index in [-0.39, 0.29) is 5.91 Å². The summed E-state index contributed by atoms with van der Waals surface area (Å²) in [6, 6.07) is 7.65. The highest BCUT2D eigenvalue weighted by molar-refractivity contribution is 6.05. The van der Waals surface area contributed by atoms with Gasteiger partial charge in [0.1, 0.15) is 0 Å². The third kappa shape index (κ3) is 1.59. The van der Waals surface area contributed by atoms with Crippen molar-refractivity contribution in [1.82, 2.24) is 14.7 Å². The number of aromatic nitrogens is 2. The molecule has 0 radical (unpaired) electrons. The van der Waals surface area contributed by atoms with Crippen LogP contribution in [0.1, 0.15) is 17.4 Å². The summed E-state index contributed by atoms with van der Waals surface area (Å²) in [6.45, 7) is 2.47. The van der Waals surface area contributed by atoms with Gasteiger partial charge in [0, 0.05) is 12.4 Å². The van der Waals surface area contributed by atoms with Crippen molar-refractivity contribution in [3.63, 3.8) is 0 Å². The Bertz CT molecular complexity index is 622. The molecule has 1 aromatic heterocycles. The number of aliphatic hydroxyl groups is 1. The highest BCUT2D eigenvalue weighted by Crippen LogP contribution is 2.25. The first kappa shape index (κ1) is 11.2. The number of fused-ring (bicyclic) bond motifs is 1. The number of carbonyl (C=O) groups is 1. The zero-order chi connectivity index (χ0) is 12.9. The predicted molar refractivity (Wildman–Crippen MR) is 67.2 cm³/mol. The van der Waals surface area contributed by atoms with Gasteiger partial charge in [0.25, 0.3) is 5.91 Å². The maximum absolute atomic E-state index is 12.3. The lowest BCUT2D eigenvalue weighted by atomic mass is 9.96. The molecule has 0 saturated carbocycles. The Morgan fingerprint density at radius 2 is 2.06 bits per heavy atom. The molecule has 0 spiro atoms. The van der Waals surface area contributed by atoms with Crippen LogP contribution in [0, 0.1) is 0 Å². The summed E-state index contributed by atoms with van der Waals surface area (Å²) in [5.41, 5.74) is 0.650. The second-order valence-electron chi connectivity index (χ2n) is 5.15. The first-order chi connectivity index (χ1) is 8.48. The summed E-state index contributed by atoms with van der Waals surface area (Å²) < 4.78 is 1.71. The minimum absolute atomic E-state index is 0.113. The molecule has 18 heavy (non-hydrogen) atoms. The third-order valence-corrected chi connectivity index (χ3v) is 3.31. The maximum atomic E-state index is 12.3. The van der Waals surface area contributed by atoms with Crippen LogP contribution in [-0.4, -0.2) is 44.4 Å². The molecule has 5 heteroatoms. The van der Waals surface area contributed by atoms with Gasteiger partial charge < -0.3 is 10.0 Å². The molecule has 1 aromatic carbocycles. The molecule has 1 N–H and O–H groups in total. The van der Waals surface area contributed by atoms with Crippen LogP contribution >= 0.6 is 0 Å².